The lowest BCUT2D eigenvalue weighted by molar-refractivity contribution is 0.181. The molecule has 3 aromatic rings. The second-order valence-corrected chi connectivity index (χ2v) is 9.56. The number of methoxy groups -OCH3 is 1. The van der Waals surface area contributed by atoms with Crippen molar-refractivity contribution in [3.63, 3.8) is 0 Å². The van der Waals surface area contributed by atoms with E-state index in [1.807, 2.05) is 38.4 Å². The molecule has 0 amide bonds. The highest BCUT2D eigenvalue weighted by atomic mass is 79.9. The van der Waals surface area contributed by atoms with Gasteiger partial charge in [0.25, 0.3) is 0 Å². The molecule has 0 N–H and O–H groups in total. The normalized spacial score (nSPS) is 14.6. The molecule has 4 rings (SSSR count). The Kier molecular flexibility index (Phi) is 6.74. The van der Waals surface area contributed by atoms with Gasteiger partial charge in [-0.1, -0.05) is 23.7 Å². The van der Waals surface area contributed by atoms with Gasteiger partial charge in [-0.3, -0.25) is 0 Å². The largest absolute Gasteiger partial charge is 0.497 e. The molecule has 0 spiro atoms. The fourth-order valence-electron chi connectivity index (χ4n) is 3.59. The highest BCUT2D eigenvalue weighted by molar-refractivity contribution is 9.10. The highest BCUT2D eigenvalue weighted by Gasteiger charge is 2.44. The summed E-state index contributed by atoms with van der Waals surface area (Å²) < 4.78 is 32.2. The van der Waals surface area contributed by atoms with Crippen LogP contribution in [0.3, 0.4) is 0 Å². The monoisotopic (exact) mass is 523 g/mol. The van der Waals surface area contributed by atoms with Gasteiger partial charge >= 0.3 is 6.01 Å². The first kappa shape index (κ1) is 23.0. The average molecular weight is 525 g/mol. The zero-order chi connectivity index (χ0) is 22.9. The Balaban J connectivity index is 1.62. The Morgan fingerprint density at radius 3 is 2.50 bits per heavy atom. The number of nitrogens with zero attached hydrogens (tertiary/aromatic N) is 3. The van der Waals surface area contributed by atoms with Crippen molar-refractivity contribution < 1.29 is 18.6 Å². The van der Waals surface area contributed by atoms with Crippen molar-refractivity contribution in [3.8, 4) is 17.6 Å². The van der Waals surface area contributed by atoms with Gasteiger partial charge in [-0.2, -0.15) is 9.97 Å². The molecule has 2 aromatic carbocycles. The molecule has 9 heteroatoms. The lowest BCUT2D eigenvalue weighted by atomic mass is 10.1. The summed E-state index contributed by atoms with van der Waals surface area (Å²) >= 11 is 9.37. The van der Waals surface area contributed by atoms with Crippen LogP contribution >= 0.6 is 27.5 Å². The van der Waals surface area contributed by atoms with Crippen LogP contribution < -0.4 is 14.2 Å². The number of halogens is 3. The molecule has 0 radical (unpaired) electrons. The van der Waals surface area contributed by atoms with E-state index in [4.69, 9.17) is 25.8 Å². The first-order valence-corrected chi connectivity index (χ1v) is 11.4. The summed E-state index contributed by atoms with van der Waals surface area (Å²) in [5.74, 6) is 0.386. The van der Waals surface area contributed by atoms with Crippen LogP contribution in [0.4, 0.5) is 4.39 Å². The van der Waals surface area contributed by atoms with E-state index in [0.717, 1.165) is 30.7 Å². The molecule has 1 aromatic heterocycles. The second kappa shape index (κ2) is 9.37. The summed E-state index contributed by atoms with van der Waals surface area (Å²) in [7, 11) is 5.68. The van der Waals surface area contributed by atoms with Crippen LogP contribution in [0.5, 0.6) is 17.6 Å². The van der Waals surface area contributed by atoms with Gasteiger partial charge in [0.2, 0.25) is 5.88 Å². The third-order valence-electron chi connectivity index (χ3n) is 5.42. The van der Waals surface area contributed by atoms with Crippen molar-refractivity contribution in [2.75, 3.05) is 34.4 Å². The molecule has 0 bridgehead atoms. The van der Waals surface area contributed by atoms with Crippen LogP contribution in [-0.4, -0.2) is 49.2 Å². The lowest BCUT2D eigenvalue weighted by Gasteiger charge is -2.20. The van der Waals surface area contributed by atoms with E-state index in [1.54, 1.807) is 13.2 Å². The van der Waals surface area contributed by atoms with Crippen LogP contribution in [0.2, 0.25) is 5.02 Å². The maximum atomic E-state index is 15.0. The third-order valence-corrected chi connectivity index (χ3v) is 6.72. The van der Waals surface area contributed by atoms with Gasteiger partial charge in [0, 0.05) is 12.0 Å². The fraction of sp³-hybridized carbons (Fsp3) is 0.391. The topological polar surface area (TPSA) is 56.7 Å². The molecule has 1 heterocycles. The first-order chi connectivity index (χ1) is 15.3. The molecule has 170 valence electrons. The SMILES string of the molecule is COc1ccc(COc2nc(OCC3(CN(C)C)CC3)nc3c(F)c(Br)c(Cl)cc23)cc1. The molecule has 1 fully saturated rings. The van der Waals surface area contributed by atoms with Crippen molar-refractivity contribution in [3.05, 3.63) is 51.2 Å². The molecular weight excluding hydrogens is 501 g/mol. The summed E-state index contributed by atoms with van der Waals surface area (Å²) in [5.41, 5.74) is 1.09. The van der Waals surface area contributed by atoms with Gasteiger partial charge in [0.05, 0.1) is 28.6 Å². The van der Waals surface area contributed by atoms with E-state index < -0.39 is 5.82 Å². The van der Waals surface area contributed by atoms with Crippen LogP contribution in [0.25, 0.3) is 10.9 Å². The number of fused-ring (bicyclic) bond motifs is 1. The van der Waals surface area contributed by atoms with E-state index in [2.05, 4.69) is 30.8 Å². The quantitative estimate of drug-likeness (QED) is 0.345. The molecule has 0 atom stereocenters. The summed E-state index contributed by atoms with van der Waals surface area (Å²) in [6.45, 7) is 1.61. The number of hydrogen-bond acceptors (Lipinski definition) is 6. The van der Waals surface area contributed by atoms with Crippen molar-refractivity contribution >= 4 is 38.4 Å². The fourth-order valence-corrected chi connectivity index (χ4v) is 4.08. The van der Waals surface area contributed by atoms with E-state index in [9.17, 15) is 4.39 Å². The Bertz CT molecular complexity index is 1120. The number of aromatic nitrogens is 2. The van der Waals surface area contributed by atoms with Crippen LogP contribution in [0.1, 0.15) is 18.4 Å². The van der Waals surface area contributed by atoms with Crippen molar-refractivity contribution in [1.82, 2.24) is 14.9 Å². The van der Waals surface area contributed by atoms with Crippen molar-refractivity contribution in [2.24, 2.45) is 5.41 Å². The molecule has 1 aliphatic rings. The second-order valence-electron chi connectivity index (χ2n) is 8.36. The van der Waals surface area contributed by atoms with Crippen LogP contribution in [0.15, 0.2) is 34.8 Å². The van der Waals surface area contributed by atoms with Gasteiger partial charge in [-0.05, 0) is 66.6 Å². The Labute approximate surface area is 199 Å². The number of rotatable bonds is 9. The molecular formula is C23H24BrClFN3O3. The maximum absolute atomic E-state index is 15.0. The maximum Gasteiger partial charge on any atom is 0.320 e. The average Bonchev–Trinajstić information content (AvgIpc) is 3.54. The van der Waals surface area contributed by atoms with E-state index in [1.165, 1.54) is 0 Å². The highest BCUT2D eigenvalue weighted by Crippen LogP contribution is 2.46. The minimum atomic E-state index is -0.580. The lowest BCUT2D eigenvalue weighted by Crippen LogP contribution is -2.28. The summed E-state index contributed by atoms with van der Waals surface area (Å²) in [6, 6.07) is 9.15. The summed E-state index contributed by atoms with van der Waals surface area (Å²) in [6.07, 6.45) is 2.16. The van der Waals surface area contributed by atoms with E-state index in [0.29, 0.717) is 12.0 Å². The molecule has 1 aliphatic carbocycles. The van der Waals surface area contributed by atoms with Gasteiger partial charge in [0.1, 0.15) is 17.9 Å². The van der Waals surface area contributed by atoms with Gasteiger partial charge < -0.3 is 19.1 Å². The van der Waals surface area contributed by atoms with Crippen molar-refractivity contribution in [2.45, 2.75) is 19.4 Å². The molecule has 0 saturated heterocycles. The summed E-state index contributed by atoms with van der Waals surface area (Å²) in [4.78, 5) is 10.9. The minimum absolute atomic E-state index is 0.0837. The smallest absolute Gasteiger partial charge is 0.320 e. The zero-order valence-electron chi connectivity index (χ0n) is 18.1. The van der Waals surface area contributed by atoms with Crippen molar-refractivity contribution in [1.29, 1.82) is 0 Å². The number of ether oxygens (including phenoxy) is 3. The zero-order valence-corrected chi connectivity index (χ0v) is 20.5. The molecule has 1 saturated carbocycles. The standard InChI is InChI=1S/C23H24BrClFN3O3/c1-29(2)12-23(8-9-23)13-32-22-27-20-16(10-17(25)18(24)19(20)26)21(28-22)31-11-14-4-6-15(30-3)7-5-14/h4-7,10H,8-9,11-13H2,1-3H3. The molecule has 0 unspecified atom stereocenters. The van der Waals surface area contributed by atoms with E-state index >= 15 is 0 Å². The van der Waals surface area contributed by atoms with Gasteiger partial charge in [-0.15, -0.1) is 0 Å². The molecule has 0 aliphatic heterocycles. The van der Waals surface area contributed by atoms with E-state index in [-0.39, 0.29) is 38.9 Å². The molecule has 6 nitrogen and oxygen atoms in total. The van der Waals surface area contributed by atoms with Crippen LogP contribution in [-0.2, 0) is 6.61 Å². The van der Waals surface area contributed by atoms with Gasteiger partial charge in [0.15, 0.2) is 5.82 Å². The summed E-state index contributed by atoms with van der Waals surface area (Å²) in [5, 5.41) is 0.593. The number of hydrogen-bond donors (Lipinski definition) is 0. The number of benzene rings is 2. The Morgan fingerprint density at radius 1 is 1.16 bits per heavy atom. The van der Waals surface area contributed by atoms with Gasteiger partial charge in [-0.25, -0.2) is 4.39 Å². The Hall–Kier alpha value is -2.16. The Morgan fingerprint density at radius 2 is 1.88 bits per heavy atom. The van der Waals surface area contributed by atoms with Crippen LogP contribution in [0, 0.1) is 11.2 Å². The third kappa shape index (κ3) is 5.08. The first-order valence-electron chi connectivity index (χ1n) is 10.2. The molecule has 32 heavy (non-hydrogen) atoms. The predicted octanol–water partition coefficient (Wildman–Crippen LogP) is 5.49. The minimum Gasteiger partial charge on any atom is -0.497 e. The predicted molar refractivity (Wildman–Crippen MR) is 125 cm³/mol.